The summed E-state index contributed by atoms with van der Waals surface area (Å²) in [5, 5.41) is 16.3. The summed E-state index contributed by atoms with van der Waals surface area (Å²) in [5.74, 6) is 1.11. The molecule has 6 heteroatoms. The van der Waals surface area contributed by atoms with E-state index in [1.165, 1.54) is 10.8 Å². The molecule has 0 aliphatic heterocycles. The SMILES string of the molecule is COCc1cc(C)nc(NN=Cc2ccccc2OCc2cccc3ccccc23)c1C#N. The van der Waals surface area contributed by atoms with Crippen molar-refractivity contribution in [3.8, 4) is 11.8 Å². The smallest absolute Gasteiger partial charge is 0.164 e. The Bertz CT molecular complexity index is 1340. The molecule has 0 aliphatic rings. The Hall–Kier alpha value is -4.21. The lowest BCUT2D eigenvalue weighted by Crippen LogP contribution is -2.04. The maximum Gasteiger partial charge on any atom is 0.164 e. The molecule has 0 bridgehead atoms. The van der Waals surface area contributed by atoms with E-state index >= 15 is 0 Å². The average molecular weight is 437 g/mol. The van der Waals surface area contributed by atoms with Gasteiger partial charge in [0.1, 0.15) is 24.0 Å². The molecule has 6 nitrogen and oxygen atoms in total. The molecule has 1 aromatic heterocycles. The highest BCUT2D eigenvalue weighted by Crippen LogP contribution is 2.23. The number of ether oxygens (including phenoxy) is 2. The normalized spacial score (nSPS) is 10.9. The molecule has 4 rings (SSSR count). The van der Waals surface area contributed by atoms with Crippen LogP contribution < -0.4 is 10.2 Å². The van der Waals surface area contributed by atoms with Crippen molar-refractivity contribution in [2.75, 3.05) is 12.5 Å². The van der Waals surface area contributed by atoms with Crippen LogP contribution in [0.2, 0.25) is 0 Å². The lowest BCUT2D eigenvalue weighted by molar-refractivity contribution is 0.184. The van der Waals surface area contributed by atoms with Crippen LogP contribution in [0.15, 0.2) is 77.9 Å². The number of fused-ring (bicyclic) bond motifs is 1. The molecule has 0 amide bonds. The summed E-state index contributed by atoms with van der Waals surface area (Å²) < 4.78 is 11.3. The van der Waals surface area contributed by atoms with Crippen LogP contribution in [-0.4, -0.2) is 18.3 Å². The number of para-hydroxylation sites is 1. The number of anilines is 1. The van der Waals surface area contributed by atoms with Crippen LogP contribution in [0.3, 0.4) is 0 Å². The van der Waals surface area contributed by atoms with Crippen molar-refractivity contribution in [3.05, 3.63) is 101 Å². The Balaban J connectivity index is 1.52. The molecule has 164 valence electrons. The lowest BCUT2D eigenvalue weighted by Gasteiger charge is -2.11. The Morgan fingerprint density at radius 2 is 1.79 bits per heavy atom. The largest absolute Gasteiger partial charge is 0.488 e. The molecule has 33 heavy (non-hydrogen) atoms. The molecule has 0 spiro atoms. The van der Waals surface area contributed by atoms with Gasteiger partial charge in [-0.25, -0.2) is 4.98 Å². The third kappa shape index (κ3) is 5.17. The number of rotatable bonds is 8. The molecule has 4 aromatic rings. The van der Waals surface area contributed by atoms with Gasteiger partial charge in [-0.15, -0.1) is 0 Å². The van der Waals surface area contributed by atoms with Crippen LogP contribution in [0, 0.1) is 18.3 Å². The van der Waals surface area contributed by atoms with Gasteiger partial charge in [0, 0.05) is 23.9 Å². The second-order valence-corrected chi connectivity index (χ2v) is 7.53. The van der Waals surface area contributed by atoms with Crippen LogP contribution in [0.5, 0.6) is 5.75 Å². The molecule has 0 saturated carbocycles. The summed E-state index contributed by atoms with van der Waals surface area (Å²) in [6, 6.07) is 26.2. The first kappa shape index (κ1) is 22.0. The molecule has 1 N–H and O–H groups in total. The van der Waals surface area contributed by atoms with E-state index in [1.807, 2.05) is 55.5 Å². The maximum atomic E-state index is 9.57. The second kappa shape index (κ2) is 10.4. The van der Waals surface area contributed by atoms with E-state index in [0.29, 0.717) is 30.3 Å². The molecule has 0 unspecified atom stereocenters. The van der Waals surface area contributed by atoms with E-state index in [-0.39, 0.29) is 0 Å². The van der Waals surface area contributed by atoms with Crippen LogP contribution >= 0.6 is 0 Å². The topological polar surface area (TPSA) is 79.5 Å². The van der Waals surface area contributed by atoms with E-state index in [0.717, 1.165) is 22.4 Å². The van der Waals surface area contributed by atoms with Gasteiger partial charge in [0.15, 0.2) is 5.82 Å². The van der Waals surface area contributed by atoms with Gasteiger partial charge in [-0.3, -0.25) is 5.43 Å². The summed E-state index contributed by atoms with van der Waals surface area (Å²) in [4.78, 5) is 4.41. The van der Waals surface area contributed by atoms with Crippen LogP contribution in [-0.2, 0) is 18.0 Å². The van der Waals surface area contributed by atoms with Gasteiger partial charge in [0.05, 0.1) is 12.8 Å². The van der Waals surface area contributed by atoms with Gasteiger partial charge in [-0.1, -0.05) is 54.6 Å². The third-order valence-electron chi connectivity index (χ3n) is 5.20. The third-order valence-corrected chi connectivity index (χ3v) is 5.20. The molecule has 0 saturated heterocycles. The predicted molar refractivity (Wildman–Crippen MR) is 130 cm³/mol. The van der Waals surface area contributed by atoms with Crippen molar-refractivity contribution in [2.45, 2.75) is 20.1 Å². The minimum Gasteiger partial charge on any atom is -0.488 e. The summed E-state index contributed by atoms with van der Waals surface area (Å²) >= 11 is 0. The minimum absolute atomic E-state index is 0.329. The zero-order valence-corrected chi connectivity index (χ0v) is 18.6. The number of aryl methyl sites for hydroxylation is 1. The number of benzene rings is 3. The van der Waals surface area contributed by atoms with Crippen molar-refractivity contribution in [2.24, 2.45) is 5.10 Å². The molecule has 1 heterocycles. The number of aromatic nitrogens is 1. The van der Waals surface area contributed by atoms with E-state index in [1.54, 1.807) is 13.3 Å². The van der Waals surface area contributed by atoms with Gasteiger partial charge < -0.3 is 9.47 Å². The number of nitriles is 1. The minimum atomic E-state index is 0.329. The van der Waals surface area contributed by atoms with Gasteiger partial charge in [0.25, 0.3) is 0 Å². The van der Waals surface area contributed by atoms with E-state index < -0.39 is 0 Å². The predicted octanol–water partition coefficient (Wildman–Crippen LogP) is 5.59. The monoisotopic (exact) mass is 436 g/mol. The molecule has 0 fully saturated rings. The second-order valence-electron chi connectivity index (χ2n) is 7.53. The van der Waals surface area contributed by atoms with Crippen LogP contribution in [0.25, 0.3) is 10.8 Å². The number of methoxy groups -OCH3 is 1. The van der Waals surface area contributed by atoms with Gasteiger partial charge in [0.2, 0.25) is 0 Å². The van der Waals surface area contributed by atoms with E-state index in [9.17, 15) is 5.26 Å². The molecule has 0 aliphatic carbocycles. The number of hydrogen-bond acceptors (Lipinski definition) is 6. The first-order valence-electron chi connectivity index (χ1n) is 10.6. The van der Waals surface area contributed by atoms with Crippen LogP contribution in [0.4, 0.5) is 5.82 Å². The number of hydrogen-bond donors (Lipinski definition) is 1. The summed E-state index contributed by atoms with van der Waals surface area (Å²) in [6.07, 6.45) is 1.67. The number of nitrogens with zero attached hydrogens (tertiary/aromatic N) is 3. The zero-order chi connectivity index (χ0) is 23.0. The average Bonchev–Trinajstić information content (AvgIpc) is 2.83. The fourth-order valence-corrected chi connectivity index (χ4v) is 3.67. The summed E-state index contributed by atoms with van der Waals surface area (Å²) in [5.41, 5.74) is 6.79. The molecule has 3 aromatic carbocycles. The summed E-state index contributed by atoms with van der Waals surface area (Å²) in [7, 11) is 1.59. The Morgan fingerprint density at radius 1 is 1.00 bits per heavy atom. The number of pyridine rings is 1. The molecule has 0 radical (unpaired) electrons. The van der Waals surface area contributed by atoms with Crippen molar-refractivity contribution in [1.82, 2.24) is 4.98 Å². The fraction of sp³-hybridized carbons (Fsp3) is 0.148. The Labute approximate surface area is 193 Å². The highest BCUT2D eigenvalue weighted by molar-refractivity contribution is 5.86. The standard InChI is InChI=1S/C27H24N4O2/c1-19-14-23(17-32-2)25(15-28)27(30-19)31-29-16-21-9-4-6-13-26(21)33-18-22-11-7-10-20-8-3-5-12-24(20)22/h3-14,16H,17-18H2,1-2H3,(H,30,31). The first-order valence-corrected chi connectivity index (χ1v) is 10.6. The highest BCUT2D eigenvalue weighted by atomic mass is 16.5. The molecular weight excluding hydrogens is 412 g/mol. The molecular formula is C27H24N4O2. The first-order chi connectivity index (χ1) is 16.2. The Kier molecular flexibility index (Phi) is 6.93. The van der Waals surface area contributed by atoms with Gasteiger partial charge >= 0.3 is 0 Å². The lowest BCUT2D eigenvalue weighted by atomic mass is 10.1. The van der Waals surface area contributed by atoms with Crippen molar-refractivity contribution in [3.63, 3.8) is 0 Å². The zero-order valence-electron chi connectivity index (χ0n) is 18.6. The van der Waals surface area contributed by atoms with Gasteiger partial charge in [-0.05, 0) is 41.5 Å². The van der Waals surface area contributed by atoms with E-state index in [4.69, 9.17) is 9.47 Å². The van der Waals surface area contributed by atoms with Crippen LogP contribution in [0.1, 0.15) is 27.9 Å². The number of hydrazone groups is 1. The Morgan fingerprint density at radius 3 is 2.64 bits per heavy atom. The maximum absolute atomic E-state index is 9.57. The van der Waals surface area contributed by atoms with Crippen molar-refractivity contribution < 1.29 is 9.47 Å². The van der Waals surface area contributed by atoms with Crippen molar-refractivity contribution >= 4 is 22.8 Å². The van der Waals surface area contributed by atoms with Crippen molar-refractivity contribution in [1.29, 1.82) is 5.26 Å². The fourth-order valence-electron chi connectivity index (χ4n) is 3.67. The molecule has 0 atom stereocenters. The highest BCUT2D eigenvalue weighted by Gasteiger charge is 2.11. The quantitative estimate of drug-likeness (QED) is 0.288. The van der Waals surface area contributed by atoms with E-state index in [2.05, 4.69) is 45.8 Å². The number of nitrogens with one attached hydrogen (secondary N) is 1. The van der Waals surface area contributed by atoms with Gasteiger partial charge in [-0.2, -0.15) is 10.4 Å². The summed E-state index contributed by atoms with van der Waals surface area (Å²) in [6.45, 7) is 2.64.